The molecule has 0 aliphatic carbocycles. The van der Waals surface area contributed by atoms with E-state index in [4.69, 9.17) is 5.84 Å². The first kappa shape index (κ1) is 12.1. The highest BCUT2D eigenvalue weighted by Crippen LogP contribution is 2.32. The Morgan fingerprint density at radius 1 is 1.20 bits per heavy atom. The van der Waals surface area contributed by atoms with Crippen molar-refractivity contribution in [3.63, 3.8) is 0 Å². The van der Waals surface area contributed by atoms with Crippen molar-refractivity contribution < 1.29 is 8.78 Å². The minimum atomic E-state index is -0.850. The maximum absolute atomic E-state index is 13.0. The summed E-state index contributed by atoms with van der Waals surface area (Å²) in [6, 6.07) is 3.60. The fraction of sp³-hybridized carbons (Fsp3) is 0.455. The number of halogens is 2. The molecule has 1 atom stereocenters. The van der Waals surface area contributed by atoms with Crippen molar-refractivity contribution in [2.24, 2.45) is 11.3 Å². The smallest absolute Gasteiger partial charge is 0.159 e. The normalized spacial score (nSPS) is 14.0. The van der Waals surface area contributed by atoms with E-state index in [1.165, 1.54) is 12.1 Å². The predicted molar refractivity (Wildman–Crippen MR) is 55.9 cm³/mol. The van der Waals surface area contributed by atoms with E-state index in [9.17, 15) is 8.78 Å². The first-order valence-electron chi connectivity index (χ1n) is 4.77. The van der Waals surface area contributed by atoms with E-state index in [-0.39, 0.29) is 11.5 Å². The molecule has 1 aromatic carbocycles. The van der Waals surface area contributed by atoms with Crippen LogP contribution in [0.1, 0.15) is 32.4 Å². The lowest BCUT2D eigenvalue weighted by Crippen LogP contribution is -2.36. The van der Waals surface area contributed by atoms with Crippen LogP contribution < -0.4 is 11.3 Å². The van der Waals surface area contributed by atoms with Crippen molar-refractivity contribution in [1.82, 2.24) is 5.43 Å². The minimum absolute atomic E-state index is 0.168. The Balaban J connectivity index is 3.08. The van der Waals surface area contributed by atoms with Gasteiger partial charge in [0, 0.05) is 0 Å². The second-order valence-corrected chi connectivity index (χ2v) is 4.64. The van der Waals surface area contributed by atoms with Gasteiger partial charge in [0.25, 0.3) is 0 Å². The molecule has 4 heteroatoms. The molecule has 1 aromatic rings. The molecule has 0 aromatic heterocycles. The Morgan fingerprint density at radius 3 is 2.20 bits per heavy atom. The van der Waals surface area contributed by atoms with Gasteiger partial charge in [0.15, 0.2) is 11.6 Å². The van der Waals surface area contributed by atoms with Crippen molar-refractivity contribution in [2.45, 2.75) is 26.8 Å². The zero-order chi connectivity index (χ0) is 11.6. The van der Waals surface area contributed by atoms with Crippen molar-refractivity contribution in [1.29, 1.82) is 0 Å². The van der Waals surface area contributed by atoms with Gasteiger partial charge in [-0.15, -0.1) is 0 Å². The van der Waals surface area contributed by atoms with Gasteiger partial charge in [-0.25, -0.2) is 8.78 Å². The minimum Gasteiger partial charge on any atom is -0.271 e. The summed E-state index contributed by atoms with van der Waals surface area (Å²) in [6.45, 7) is 5.91. The van der Waals surface area contributed by atoms with Gasteiger partial charge < -0.3 is 0 Å². The van der Waals surface area contributed by atoms with Gasteiger partial charge in [-0.2, -0.15) is 0 Å². The molecule has 84 valence electrons. The van der Waals surface area contributed by atoms with Crippen molar-refractivity contribution in [3.8, 4) is 0 Å². The van der Waals surface area contributed by atoms with Gasteiger partial charge in [-0.3, -0.25) is 11.3 Å². The molecule has 0 saturated carbocycles. The molecule has 3 N–H and O–H groups in total. The van der Waals surface area contributed by atoms with E-state index < -0.39 is 11.6 Å². The lowest BCUT2D eigenvalue weighted by Gasteiger charge is -2.30. The zero-order valence-electron chi connectivity index (χ0n) is 9.14. The molecular weight excluding hydrogens is 198 g/mol. The number of hydrogen-bond donors (Lipinski definition) is 2. The van der Waals surface area contributed by atoms with E-state index in [0.29, 0.717) is 5.56 Å². The van der Waals surface area contributed by atoms with E-state index in [0.717, 1.165) is 6.07 Å². The second kappa shape index (κ2) is 4.24. The SMILES string of the molecule is CC(C)(C)C(NN)c1ccc(F)c(F)c1. The molecule has 2 nitrogen and oxygen atoms in total. The average molecular weight is 214 g/mol. The quantitative estimate of drug-likeness (QED) is 0.586. The maximum atomic E-state index is 13.0. The van der Waals surface area contributed by atoms with Gasteiger partial charge >= 0.3 is 0 Å². The molecule has 0 bridgehead atoms. The van der Waals surface area contributed by atoms with Crippen LogP contribution in [0.5, 0.6) is 0 Å². The largest absolute Gasteiger partial charge is 0.271 e. The lowest BCUT2D eigenvalue weighted by atomic mass is 9.83. The van der Waals surface area contributed by atoms with Gasteiger partial charge in [-0.05, 0) is 23.1 Å². The number of nitrogens with one attached hydrogen (secondary N) is 1. The van der Waals surface area contributed by atoms with Crippen LogP contribution in [0.25, 0.3) is 0 Å². The Labute approximate surface area is 88.4 Å². The molecule has 15 heavy (non-hydrogen) atoms. The highest BCUT2D eigenvalue weighted by Gasteiger charge is 2.25. The molecule has 0 heterocycles. The van der Waals surface area contributed by atoms with Crippen molar-refractivity contribution in [3.05, 3.63) is 35.4 Å². The van der Waals surface area contributed by atoms with Crippen LogP contribution in [0, 0.1) is 17.0 Å². The third-order valence-corrected chi connectivity index (χ3v) is 2.31. The first-order valence-corrected chi connectivity index (χ1v) is 4.77. The Hall–Kier alpha value is -1.00. The average Bonchev–Trinajstić information content (AvgIpc) is 2.10. The van der Waals surface area contributed by atoms with Crippen LogP contribution >= 0.6 is 0 Å². The van der Waals surface area contributed by atoms with Crippen molar-refractivity contribution >= 4 is 0 Å². The lowest BCUT2D eigenvalue weighted by molar-refractivity contribution is 0.274. The molecule has 0 aliphatic heterocycles. The van der Waals surface area contributed by atoms with Crippen LogP contribution in [0.4, 0.5) is 8.78 Å². The summed E-state index contributed by atoms with van der Waals surface area (Å²) >= 11 is 0. The summed E-state index contributed by atoms with van der Waals surface area (Å²) < 4.78 is 25.8. The Bertz CT molecular complexity index is 345. The van der Waals surface area contributed by atoms with E-state index in [1.54, 1.807) is 0 Å². The molecule has 0 radical (unpaired) electrons. The summed E-state index contributed by atoms with van der Waals surface area (Å²) in [4.78, 5) is 0. The number of hydrazine groups is 1. The molecule has 0 saturated heterocycles. The monoisotopic (exact) mass is 214 g/mol. The van der Waals surface area contributed by atoms with Crippen LogP contribution in [0.2, 0.25) is 0 Å². The standard InChI is InChI=1S/C11H16F2N2/c1-11(2,3)10(15-14)7-4-5-8(12)9(13)6-7/h4-6,10,15H,14H2,1-3H3. The third-order valence-electron chi connectivity index (χ3n) is 2.31. The summed E-state index contributed by atoms with van der Waals surface area (Å²) in [7, 11) is 0. The molecule has 0 spiro atoms. The first-order chi connectivity index (χ1) is 6.86. The van der Waals surface area contributed by atoms with Crippen molar-refractivity contribution in [2.75, 3.05) is 0 Å². The van der Waals surface area contributed by atoms with Gasteiger partial charge in [0.1, 0.15) is 0 Å². The maximum Gasteiger partial charge on any atom is 0.159 e. The van der Waals surface area contributed by atoms with Crippen LogP contribution in [-0.2, 0) is 0 Å². The predicted octanol–water partition coefficient (Wildman–Crippen LogP) is 2.52. The molecule has 1 unspecified atom stereocenters. The number of nitrogens with two attached hydrogens (primary N) is 1. The molecule has 0 fully saturated rings. The third kappa shape index (κ3) is 2.73. The molecule has 0 amide bonds. The summed E-state index contributed by atoms with van der Waals surface area (Å²) in [5, 5.41) is 0. The van der Waals surface area contributed by atoms with Gasteiger partial charge in [0.05, 0.1) is 6.04 Å². The van der Waals surface area contributed by atoms with E-state index >= 15 is 0 Å². The zero-order valence-corrected chi connectivity index (χ0v) is 9.14. The number of benzene rings is 1. The van der Waals surface area contributed by atoms with E-state index in [2.05, 4.69) is 5.43 Å². The topological polar surface area (TPSA) is 38.0 Å². The highest BCUT2D eigenvalue weighted by atomic mass is 19.2. The summed E-state index contributed by atoms with van der Waals surface area (Å²) in [5.74, 6) is 3.72. The second-order valence-electron chi connectivity index (χ2n) is 4.64. The number of hydrogen-bond acceptors (Lipinski definition) is 2. The number of rotatable bonds is 2. The Morgan fingerprint density at radius 2 is 1.80 bits per heavy atom. The van der Waals surface area contributed by atoms with Gasteiger partial charge in [0.2, 0.25) is 0 Å². The fourth-order valence-electron chi connectivity index (χ4n) is 1.54. The van der Waals surface area contributed by atoms with Gasteiger partial charge in [-0.1, -0.05) is 26.8 Å². The Kier molecular flexibility index (Phi) is 3.42. The molecule has 0 aliphatic rings. The van der Waals surface area contributed by atoms with Crippen LogP contribution in [0.15, 0.2) is 18.2 Å². The molecule has 1 rings (SSSR count). The molecular formula is C11H16F2N2. The van der Waals surface area contributed by atoms with E-state index in [1.807, 2.05) is 20.8 Å². The fourth-order valence-corrected chi connectivity index (χ4v) is 1.54. The van der Waals surface area contributed by atoms with Crippen LogP contribution in [0.3, 0.4) is 0 Å². The summed E-state index contributed by atoms with van der Waals surface area (Å²) in [5.41, 5.74) is 3.09. The summed E-state index contributed by atoms with van der Waals surface area (Å²) in [6.07, 6.45) is 0. The highest BCUT2D eigenvalue weighted by molar-refractivity contribution is 5.22. The van der Waals surface area contributed by atoms with Crippen LogP contribution in [-0.4, -0.2) is 0 Å².